The van der Waals surface area contributed by atoms with Gasteiger partial charge in [-0.2, -0.15) is 0 Å². The lowest BCUT2D eigenvalue weighted by Crippen LogP contribution is -2.68. The van der Waals surface area contributed by atoms with Gasteiger partial charge in [0.25, 0.3) is 0 Å². The average molecular weight is 783 g/mol. The molecule has 0 radical (unpaired) electrons. The fraction of sp³-hybridized carbons (Fsp3) is 0.927. The van der Waals surface area contributed by atoms with Crippen molar-refractivity contribution >= 4 is 5.97 Å². The molecule has 6 fully saturated rings. The summed E-state index contributed by atoms with van der Waals surface area (Å²) in [6, 6.07) is 0. The van der Waals surface area contributed by atoms with Crippen LogP contribution in [0.15, 0.2) is 11.6 Å². The van der Waals surface area contributed by atoms with E-state index in [0.717, 1.165) is 37.7 Å². The van der Waals surface area contributed by atoms with Crippen LogP contribution in [0.2, 0.25) is 0 Å². The van der Waals surface area contributed by atoms with Crippen LogP contribution in [0.5, 0.6) is 0 Å². The monoisotopic (exact) mass is 782 g/mol. The van der Waals surface area contributed by atoms with E-state index in [9.17, 15) is 50.8 Å². The Morgan fingerprint density at radius 1 is 0.836 bits per heavy atom. The highest BCUT2D eigenvalue weighted by molar-refractivity contribution is 5.77. The third-order valence-electron chi connectivity index (χ3n) is 17.4. The third-order valence-corrected chi connectivity index (χ3v) is 17.4. The largest absolute Gasteiger partial charge is 0.481 e. The number of hydrogen-bond donors (Lipinski definition) is 9. The number of carboxylic acids is 1. The van der Waals surface area contributed by atoms with E-state index in [1.165, 1.54) is 0 Å². The van der Waals surface area contributed by atoms with Crippen molar-refractivity contribution in [2.75, 3.05) is 19.8 Å². The van der Waals surface area contributed by atoms with Gasteiger partial charge in [0.1, 0.15) is 42.7 Å². The second-order valence-electron chi connectivity index (χ2n) is 19.7. The Hall–Kier alpha value is -1.27. The molecule has 55 heavy (non-hydrogen) atoms. The molecule has 0 aromatic rings. The first kappa shape index (κ1) is 41.9. The zero-order chi connectivity index (χ0) is 40.3. The Bertz CT molecular complexity index is 1490. The molecule has 9 N–H and O–H groups in total. The summed E-state index contributed by atoms with van der Waals surface area (Å²) in [5.74, 6) is -1.07. The quantitative estimate of drug-likeness (QED) is 0.132. The first-order valence-corrected chi connectivity index (χ1v) is 20.5. The summed E-state index contributed by atoms with van der Waals surface area (Å²) in [6.45, 7) is 11.8. The summed E-state index contributed by atoms with van der Waals surface area (Å²) < 4.78 is 23.6. The summed E-state index contributed by atoms with van der Waals surface area (Å²) >= 11 is 0. The van der Waals surface area contributed by atoms with Crippen molar-refractivity contribution in [2.45, 2.75) is 166 Å². The topological polar surface area (TPSA) is 236 Å². The predicted molar refractivity (Wildman–Crippen MR) is 195 cm³/mol. The summed E-state index contributed by atoms with van der Waals surface area (Å²) in [6.07, 6.45) is -5.46. The molecule has 2 heterocycles. The van der Waals surface area contributed by atoms with Crippen LogP contribution in [0.4, 0.5) is 0 Å². The molecule has 0 amide bonds. The Morgan fingerprint density at radius 2 is 1.55 bits per heavy atom. The molecular formula is C41H66O14. The van der Waals surface area contributed by atoms with Crippen molar-refractivity contribution < 1.29 is 69.7 Å². The highest BCUT2D eigenvalue weighted by atomic mass is 16.7. The number of allylic oxidation sites excluding steroid dienone is 1. The minimum absolute atomic E-state index is 0.0207. The van der Waals surface area contributed by atoms with Crippen LogP contribution in [0, 0.1) is 50.7 Å². The maximum atomic E-state index is 13.1. The SMILES string of the molecule is C[C@@H]1CC[C@]2(C(=O)O)CC[C@]3(C)C(=CC[C@@H]4[C@@]5(C)CC[C@H](O[C@@H]6OC[C@H](O)[C@H](O[C@@H]7O[C@H](CO)[C@@H](O)[C@H](O)[C@H]7O)[C@H]6O)[C@@](C)(CO)[C@@H]5CC[C@]43C)[C@@H]2[C@]1(C)O. The number of aliphatic hydroxyl groups is 8. The zero-order valence-corrected chi connectivity index (χ0v) is 33.2. The Morgan fingerprint density at radius 3 is 2.20 bits per heavy atom. The van der Waals surface area contributed by atoms with Crippen molar-refractivity contribution in [1.29, 1.82) is 0 Å². The standard InChI is InChI=1S/C41H66O14/c1-20-9-14-41(35(49)50)16-15-38(4)21(32(41)40(20,6)51)7-8-25-36(2)12-11-26(37(3,19-43)24(36)10-13-39(25,38)5)54-33-30(48)31(22(44)18-52-33)55-34-29(47)28(46)27(45)23(17-42)53-34/h7,20,22-34,42-48,51H,8-19H2,1-6H3,(H,49,50)/t20-,22+,23-,24-,25-,26+,27-,28+,29-,30-,31+,32-,33+,34+,36+,37+,38-,39-,40-,41+/m1/s1. The fourth-order valence-corrected chi connectivity index (χ4v) is 13.6. The van der Waals surface area contributed by atoms with Gasteiger partial charge in [-0.05, 0) is 98.7 Å². The molecule has 0 aromatic heterocycles. The van der Waals surface area contributed by atoms with Gasteiger partial charge < -0.3 is 64.9 Å². The van der Waals surface area contributed by atoms with Gasteiger partial charge in [0.15, 0.2) is 12.6 Å². The predicted octanol–water partition coefficient (Wildman–Crippen LogP) is 1.46. The zero-order valence-electron chi connectivity index (χ0n) is 33.2. The Labute approximate surface area is 323 Å². The van der Waals surface area contributed by atoms with E-state index >= 15 is 0 Å². The van der Waals surface area contributed by atoms with Crippen molar-refractivity contribution in [3.8, 4) is 0 Å². The van der Waals surface area contributed by atoms with Crippen LogP contribution in [-0.2, 0) is 23.7 Å². The maximum absolute atomic E-state index is 13.1. The highest BCUT2D eigenvalue weighted by Gasteiger charge is 2.72. The molecule has 7 rings (SSSR count). The van der Waals surface area contributed by atoms with Crippen LogP contribution < -0.4 is 0 Å². The summed E-state index contributed by atoms with van der Waals surface area (Å²) in [5, 5.41) is 97.0. The fourth-order valence-electron chi connectivity index (χ4n) is 13.6. The van der Waals surface area contributed by atoms with Gasteiger partial charge in [-0.3, -0.25) is 4.79 Å². The molecule has 0 bridgehead atoms. The molecule has 314 valence electrons. The van der Waals surface area contributed by atoms with Gasteiger partial charge >= 0.3 is 5.97 Å². The minimum Gasteiger partial charge on any atom is -0.481 e. The van der Waals surface area contributed by atoms with E-state index in [2.05, 4.69) is 26.8 Å². The Balaban J connectivity index is 1.13. The molecule has 20 atom stereocenters. The molecular weight excluding hydrogens is 716 g/mol. The van der Waals surface area contributed by atoms with Gasteiger partial charge in [0, 0.05) is 11.3 Å². The second-order valence-corrected chi connectivity index (χ2v) is 19.7. The van der Waals surface area contributed by atoms with Crippen LogP contribution in [0.3, 0.4) is 0 Å². The number of rotatable bonds is 7. The molecule has 14 heteroatoms. The molecule has 0 aromatic carbocycles. The van der Waals surface area contributed by atoms with E-state index in [1.807, 2.05) is 20.8 Å². The smallest absolute Gasteiger partial charge is 0.310 e. The molecule has 2 saturated heterocycles. The third kappa shape index (κ3) is 5.89. The van der Waals surface area contributed by atoms with E-state index in [1.54, 1.807) is 0 Å². The van der Waals surface area contributed by atoms with Gasteiger partial charge in [0.2, 0.25) is 0 Å². The van der Waals surface area contributed by atoms with Crippen LogP contribution in [-0.4, -0.2) is 139 Å². The minimum atomic E-state index is -1.73. The number of carbonyl (C=O) groups is 1. The average Bonchev–Trinajstić information content (AvgIpc) is 3.13. The second kappa shape index (κ2) is 14.2. The lowest BCUT2D eigenvalue weighted by Gasteiger charge is -2.72. The molecule has 0 unspecified atom stereocenters. The summed E-state index contributed by atoms with van der Waals surface area (Å²) in [5.41, 5.74) is -2.52. The summed E-state index contributed by atoms with van der Waals surface area (Å²) in [7, 11) is 0. The molecule has 5 aliphatic carbocycles. The Kier molecular flexibility index (Phi) is 10.8. The number of carboxylic acid groups (broad SMARTS) is 1. The van der Waals surface area contributed by atoms with Crippen LogP contribution in [0.1, 0.15) is 99.3 Å². The first-order chi connectivity index (χ1) is 25.7. The van der Waals surface area contributed by atoms with Crippen molar-refractivity contribution in [3.05, 3.63) is 11.6 Å². The molecule has 0 spiro atoms. The van der Waals surface area contributed by atoms with E-state index in [4.69, 9.17) is 18.9 Å². The van der Waals surface area contributed by atoms with Gasteiger partial charge in [-0.1, -0.05) is 46.3 Å². The van der Waals surface area contributed by atoms with E-state index < -0.39 is 96.3 Å². The maximum Gasteiger partial charge on any atom is 0.310 e. The van der Waals surface area contributed by atoms with Gasteiger partial charge in [-0.15, -0.1) is 0 Å². The van der Waals surface area contributed by atoms with Crippen molar-refractivity contribution in [1.82, 2.24) is 0 Å². The number of aliphatic hydroxyl groups excluding tert-OH is 7. The normalized spacial score (nSPS) is 56.7. The molecule has 4 saturated carbocycles. The molecule has 7 aliphatic rings. The number of fused-ring (bicyclic) bond motifs is 7. The van der Waals surface area contributed by atoms with Crippen molar-refractivity contribution in [3.63, 3.8) is 0 Å². The number of hydrogen-bond acceptors (Lipinski definition) is 13. The highest BCUT2D eigenvalue weighted by Crippen LogP contribution is 2.76. The van der Waals surface area contributed by atoms with E-state index in [-0.39, 0.29) is 47.2 Å². The molecule has 2 aliphatic heterocycles. The lowest BCUT2D eigenvalue weighted by atomic mass is 9.33. The van der Waals surface area contributed by atoms with Crippen LogP contribution in [0.25, 0.3) is 0 Å². The van der Waals surface area contributed by atoms with Crippen LogP contribution >= 0.6 is 0 Å². The number of ether oxygens (including phenoxy) is 4. The van der Waals surface area contributed by atoms with Gasteiger partial charge in [-0.25, -0.2) is 0 Å². The number of aliphatic carboxylic acids is 1. The summed E-state index contributed by atoms with van der Waals surface area (Å²) in [4.78, 5) is 13.1. The van der Waals surface area contributed by atoms with Crippen molar-refractivity contribution in [2.24, 2.45) is 50.7 Å². The molecule has 14 nitrogen and oxygen atoms in total. The lowest BCUT2D eigenvalue weighted by molar-refractivity contribution is -0.358. The van der Waals surface area contributed by atoms with E-state index in [0.29, 0.717) is 25.7 Å². The first-order valence-electron chi connectivity index (χ1n) is 20.5. The van der Waals surface area contributed by atoms with Gasteiger partial charge in [0.05, 0.1) is 36.9 Å².